The van der Waals surface area contributed by atoms with E-state index < -0.39 is 12.6 Å². The zero-order chi connectivity index (χ0) is 20.8. The van der Waals surface area contributed by atoms with Gasteiger partial charge in [-0.15, -0.1) is 11.3 Å². The number of fused-ring (bicyclic) bond motifs is 1. The van der Waals surface area contributed by atoms with Crippen LogP contribution in [0.5, 0.6) is 0 Å². The Morgan fingerprint density at radius 3 is 2.57 bits per heavy atom. The molecule has 0 bridgehead atoms. The maximum Gasteiger partial charge on any atom is 0.393 e. The average molecular weight is 441 g/mol. The van der Waals surface area contributed by atoms with E-state index in [2.05, 4.69) is 19.8 Å². The molecule has 1 spiro atoms. The molecule has 30 heavy (non-hydrogen) atoms. The molecular weight excluding hydrogens is 413 g/mol. The van der Waals surface area contributed by atoms with Crippen molar-refractivity contribution in [3.05, 3.63) is 17.3 Å². The fourth-order valence-corrected chi connectivity index (χ4v) is 6.18. The van der Waals surface area contributed by atoms with Gasteiger partial charge >= 0.3 is 6.18 Å². The third-order valence-electron chi connectivity index (χ3n) is 6.86. The lowest BCUT2D eigenvalue weighted by Gasteiger charge is -2.54. The van der Waals surface area contributed by atoms with Crippen molar-refractivity contribution in [1.82, 2.24) is 14.9 Å². The summed E-state index contributed by atoms with van der Waals surface area (Å²) in [5, 5.41) is 0.758. The zero-order valence-electron chi connectivity index (χ0n) is 17.0. The first-order valence-electron chi connectivity index (χ1n) is 10.7. The lowest BCUT2D eigenvalue weighted by molar-refractivity contribution is -0.126. The Labute approximate surface area is 178 Å². The summed E-state index contributed by atoms with van der Waals surface area (Å²) < 4.78 is 43.8. The molecule has 0 N–H and O–H groups in total. The van der Waals surface area contributed by atoms with Crippen molar-refractivity contribution in [2.24, 2.45) is 11.3 Å². The molecule has 164 valence electrons. The second kappa shape index (κ2) is 7.91. The predicted octanol–water partition coefficient (Wildman–Crippen LogP) is 4.12. The molecule has 3 aliphatic rings. The van der Waals surface area contributed by atoms with Crippen LogP contribution < -0.4 is 4.90 Å². The van der Waals surface area contributed by atoms with E-state index in [-0.39, 0.29) is 0 Å². The first-order chi connectivity index (χ1) is 14.4. The van der Waals surface area contributed by atoms with Crippen molar-refractivity contribution >= 4 is 27.4 Å². The molecule has 0 aliphatic carbocycles. The van der Waals surface area contributed by atoms with Crippen molar-refractivity contribution in [2.75, 3.05) is 50.8 Å². The number of likely N-dealkylation sites (tertiary alicyclic amines) is 1. The second-order valence-electron chi connectivity index (χ2n) is 9.13. The van der Waals surface area contributed by atoms with Gasteiger partial charge < -0.3 is 14.5 Å². The summed E-state index contributed by atoms with van der Waals surface area (Å²) in [7, 11) is 0. The highest BCUT2D eigenvalue weighted by atomic mass is 32.1. The molecule has 2 aromatic rings. The number of aromatic nitrogens is 2. The molecule has 0 aromatic carbocycles. The quantitative estimate of drug-likeness (QED) is 0.715. The van der Waals surface area contributed by atoms with Crippen molar-refractivity contribution in [3.63, 3.8) is 0 Å². The Kier molecular flexibility index (Phi) is 5.39. The largest absolute Gasteiger partial charge is 0.393 e. The molecule has 5 rings (SSSR count). The molecule has 5 nitrogen and oxygen atoms in total. The van der Waals surface area contributed by atoms with Gasteiger partial charge in [-0.05, 0) is 50.8 Å². The Bertz CT molecular complexity index is 880. The smallest absolute Gasteiger partial charge is 0.381 e. The molecular formula is C21H27F3N4OS. The van der Waals surface area contributed by atoms with E-state index in [1.807, 2.05) is 0 Å². The number of piperidine rings is 1. The van der Waals surface area contributed by atoms with Gasteiger partial charge in [0.2, 0.25) is 0 Å². The molecule has 0 saturated carbocycles. The van der Waals surface area contributed by atoms with Gasteiger partial charge in [0.15, 0.2) is 0 Å². The standard InChI is InChI=1S/C21H27F3N4OS/c22-21(23,24)10-16-9-17-18(25-14-26-19(17)30-16)28-12-20(13-28)3-5-27(6-4-20)11-15-1-7-29-8-2-15/h9,14-15H,1-8,10-13H2. The van der Waals surface area contributed by atoms with Gasteiger partial charge in [-0.2, -0.15) is 13.2 Å². The summed E-state index contributed by atoms with van der Waals surface area (Å²) in [5.41, 5.74) is 0.328. The van der Waals surface area contributed by atoms with Crippen molar-refractivity contribution in [2.45, 2.75) is 38.3 Å². The van der Waals surface area contributed by atoms with Crippen LogP contribution in [-0.4, -0.2) is 67.0 Å². The van der Waals surface area contributed by atoms with Crippen LogP contribution in [-0.2, 0) is 11.2 Å². The predicted molar refractivity (Wildman–Crippen MR) is 111 cm³/mol. The molecule has 3 fully saturated rings. The molecule has 5 heterocycles. The van der Waals surface area contributed by atoms with Gasteiger partial charge in [0.1, 0.15) is 17.0 Å². The normalized spacial score (nSPS) is 23.2. The minimum atomic E-state index is -4.20. The Balaban J connectivity index is 1.20. The average Bonchev–Trinajstić information content (AvgIpc) is 3.08. The van der Waals surface area contributed by atoms with E-state index in [4.69, 9.17) is 4.74 Å². The molecule has 9 heteroatoms. The van der Waals surface area contributed by atoms with Crippen LogP contribution in [0.2, 0.25) is 0 Å². The Morgan fingerprint density at radius 1 is 1.13 bits per heavy atom. The summed E-state index contributed by atoms with van der Waals surface area (Å²) in [6, 6.07) is 1.63. The van der Waals surface area contributed by atoms with E-state index >= 15 is 0 Å². The summed E-state index contributed by atoms with van der Waals surface area (Å²) in [6.45, 7) is 7.14. The van der Waals surface area contributed by atoms with Crippen molar-refractivity contribution < 1.29 is 17.9 Å². The lowest BCUT2D eigenvalue weighted by atomic mass is 9.71. The van der Waals surface area contributed by atoms with Gasteiger partial charge in [-0.1, -0.05) is 0 Å². The number of ether oxygens (including phenoxy) is 1. The Hall–Kier alpha value is -1.45. The third-order valence-corrected chi connectivity index (χ3v) is 7.90. The van der Waals surface area contributed by atoms with Gasteiger partial charge in [0.25, 0.3) is 0 Å². The van der Waals surface area contributed by atoms with E-state index in [1.54, 1.807) is 6.07 Å². The van der Waals surface area contributed by atoms with E-state index in [1.165, 1.54) is 38.6 Å². The van der Waals surface area contributed by atoms with Crippen LogP contribution in [0, 0.1) is 11.3 Å². The zero-order valence-corrected chi connectivity index (χ0v) is 17.8. The van der Waals surface area contributed by atoms with Crippen LogP contribution >= 0.6 is 11.3 Å². The molecule has 2 aromatic heterocycles. The van der Waals surface area contributed by atoms with E-state index in [0.29, 0.717) is 15.1 Å². The molecule has 3 saturated heterocycles. The SMILES string of the molecule is FC(F)(F)Cc1cc2c(N3CC4(CCN(CC5CCOCC5)CC4)C3)ncnc2s1. The fraction of sp³-hybridized carbons (Fsp3) is 0.714. The van der Waals surface area contributed by atoms with Crippen LogP contribution in [0.15, 0.2) is 12.4 Å². The number of nitrogens with zero attached hydrogens (tertiary/aromatic N) is 4. The third kappa shape index (κ3) is 4.29. The first-order valence-corrected chi connectivity index (χ1v) is 11.6. The van der Waals surface area contributed by atoms with Crippen LogP contribution in [0.3, 0.4) is 0 Å². The number of rotatable bonds is 4. The maximum atomic E-state index is 12.8. The molecule has 0 amide bonds. The van der Waals surface area contributed by atoms with Crippen LogP contribution in [0.4, 0.5) is 19.0 Å². The fourth-order valence-electron chi connectivity index (χ4n) is 5.16. The Morgan fingerprint density at radius 2 is 1.87 bits per heavy atom. The lowest BCUT2D eigenvalue weighted by Crippen LogP contribution is -2.61. The van der Waals surface area contributed by atoms with Gasteiger partial charge in [-0.3, -0.25) is 0 Å². The molecule has 3 aliphatic heterocycles. The maximum absolute atomic E-state index is 12.8. The number of alkyl halides is 3. The number of thiophene rings is 1. The summed E-state index contributed by atoms with van der Waals surface area (Å²) in [4.78, 5) is 14.4. The molecule has 0 unspecified atom stereocenters. The van der Waals surface area contributed by atoms with Crippen molar-refractivity contribution in [3.8, 4) is 0 Å². The first kappa shape index (κ1) is 20.5. The van der Waals surface area contributed by atoms with Gasteiger partial charge in [-0.25, -0.2) is 9.97 Å². The monoisotopic (exact) mass is 440 g/mol. The summed E-state index contributed by atoms with van der Waals surface area (Å²) in [5.74, 6) is 1.56. The second-order valence-corrected chi connectivity index (χ2v) is 10.2. The van der Waals surface area contributed by atoms with Crippen molar-refractivity contribution in [1.29, 1.82) is 0 Å². The van der Waals surface area contributed by atoms with Gasteiger partial charge in [0, 0.05) is 43.1 Å². The minimum absolute atomic E-state index is 0.302. The highest BCUT2D eigenvalue weighted by Crippen LogP contribution is 2.44. The topological polar surface area (TPSA) is 41.5 Å². The van der Waals surface area contributed by atoms with Gasteiger partial charge in [0.05, 0.1) is 11.8 Å². The minimum Gasteiger partial charge on any atom is -0.381 e. The molecule has 0 radical (unpaired) electrons. The van der Waals surface area contributed by atoms with E-state index in [0.717, 1.165) is 67.9 Å². The van der Waals surface area contributed by atoms with E-state index in [9.17, 15) is 13.2 Å². The summed E-state index contributed by atoms with van der Waals surface area (Å²) in [6.07, 6.45) is 1.10. The number of anilines is 1. The summed E-state index contributed by atoms with van der Waals surface area (Å²) >= 11 is 1.12. The highest BCUT2D eigenvalue weighted by molar-refractivity contribution is 7.18. The molecule has 0 atom stereocenters. The van der Waals surface area contributed by atoms with Crippen LogP contribution in [0.25, 0.3) is 10.2 Å². The van der Waals surface area contributed by atoms with Crippen LogP contribution in [0.1, 0.15) is 30.6 Å². The number of hydrogen-bond donors (Lipinski definition) is 0. The number of halogens is 3. The highest BCUT2D eigenvalue weighted by Gasteiger charge is 2.46. The number of hydrogen-bond acceptors (Lipinski definition) is 6.